The monoisotopic (exact) mass is 474 g/mol. The van der Waals surface area contributed by atoms with Gasteiger partial charge in [-0.15, -0.1) is 16.9 Å². The molecule has 7 nitrogen and oxygen atoms in total. The lowest BCUT2D eigenvalue weighted by Crippen LogP contribution is -2.19. The highest BCUT2D eigenvalue weighted by molar-refractivity contribution is 9.10. The molecule has 150 valence electrons. The number of thioether (sulfide) groups is 1. The number of nitrogens with one attached hydrogen (secondary N) is 1. The van der Waals surface area contributed by atoms with Gasteiger partial charge in [0, 0.05) is 15.9 Å². The number of halogens is 1. The summed E-state index contributed by atoms with van der Waals surface area (Å²) in [6.07, 6.45) is 1.38. The van der Waals surface area contributed by atoms with Gasteiger partial charge in [0.15, 0.2) is 0 Å². The molecule has 0 saturated heterocycles. The molecule has 0 aliphatic heterocycles. The Morgan fingerprint density at radius 1 is 1.14 bits per heavy atom. The van der Waals surface area contributed by atoms with Gasteiger partial charge in [0.2, 0.25) is 5.91 Å². The molecule has 2 aromatic carbocycles. The summed E-state index contributed by atoms with van der Waals surface area (Å²) < 4.78 is 7.52. The van der Waals surface area contributed by atoms with Crippen molar-refractivity contribution < 1.29 is 14.3 Å². The minimum atomic E-state index is -0.988. The summed E-state index contributed by atoms with van der Waals surface area (Å²) in [7, 11) is 0. The van der Waals surface area contributed by atoms with Crippen LogP contribution in [0.4, 0.5) is 10.5 Å². The van der Waals surface area contributed by atoms with Crippen LogP contribution in [0.1, 0.15) is 5.56 Å². The van der Waals surface area contributed by atoms with Crippen LogP contribution in [0.2, 0.25) is 0 Å². The lowest BCUT2D eigenvalue weighted by Gasteiger charge is -2.05. The molecule has 0 aliphatic carbocycles. The number of carbonyl (C=O) groups excluding carboxylic acids is 2. The number of hydrogen-bond acceptors (Lipinski definition) is 5. The number of hydrogen-bond donors (Lipinski definition) is 2. The molecule has 0 radical (unpaired) electrons. The predicted molar refractivity (Wildman–Crippen MR) is 116 cm³/mol. The van der Waals surface area contributed by atoms with E-state index in [-0.39, 0.29) is 17.5 Å². The Labute approximate surface area is 180 Å². The normalized spacial score (nSPS) is 10.5. The fourth-order valence-corrected chi connectivity index (χ4v) is 3.49. The molecule has 0 aliphatic rings. The number of anilines is 1. The second-order valence-corrected chi connectivity index (χ2v) is 8.02. The van der Waals surface area contributed by atoms with Crippen LogP contribution in [0.3, 0.4) is 0 Å². The summed E-state index contributed by atoms with van der Waals surface area (Å²) in [4.78, 5) is 24.5. The number of amides is 2. The molecule has 0 atom stereocenters. The van der Waals surface area contributed by atoms with E-state index in [1.165, 1.54) is 11.8 Å². The number of rotatable bonds is 8. The Morgan fingerprint density at radius 2 is 1.86 bits per heavy atom. The van der Waals surface area contributed by atoms with E-state index in [4.69, 9.17) is 10.5 Å². The summed E-state index contributed by atoms with van der Waals surface area (Å²) in [6, 6.07) is 17.6. The molecule has 3 aromatic rings. The van der Waals surface area contributed by atoms with Crippen molar-refractivity contribution in [3.8, 4) is 5.88 Å². The molecule has 0 bridgehead atoms. The van der Waals surface area contributed by atoms with Crippen LogP contribution in [0.15, 0.2) is 70.2 Å². The lowest BCUT2D eigenvalue weighted by molar-refractivity contribution is -0.113. The second kappa shape index (κ2) is 10.1. The van der Waals surface area contributed by atoms with Gasteiger partial charge in [-0.2, -0.15) is 0 Å². The number of primary amides is 1. The van der Waals surface area contributed by atoms with E-state index >= 15 is 0 Å². The number of carbonyl (C=O) groups is 2. The molecule has 1 heterocycles. The first-order valence-electron chi connectivity index (χ1n) is 8.76. The number of aryl methyl sites for hydroxylation is 2. The first-order chi connectivity index (χ1) is 14.0. The first-order valence-corrected chi connectivity index (χ1v) is 10.5. The average Bonchev–Trinajstić information content (AvgIpc) is 3.07. The van der Waals surface area contributed by atoms with Crippen molar-refractivity contribution in [1.82, 2.24) is 9.78 Å². The van der Waals surface area contributed by atoms with Crippen LogP contribution in [-0.4, -0.2) is 27.5 Å². The molecule has 0 spiro atoms. The summed E-state index contributed by atoms with van der Waals surface area (Å²) in [5.74, 6) is -0.0604. The zero-order valence-electron chi connectivity index (χ0n) is 15.4. The number of nitrogens with zero attached hydrogens (tertiary/aromatic N) is 2. The van der Waals surface area contributed by atoms with Crippen LogP contribution in [0.5, 0.6) is 5.88 Å². The highest BCUT2D eigenvalue weighted by Gasteiger charge is 2.16. The van der Waals surface area contributed by atoms with Gasteiger partial charge in [0.05, 0.1) is 11.9 Å². The van der Waals surface area contributed by atoms with Crippen molar-refractivity contribution in [3.05, 3.63) is 70.8 Å². The van der Waals surface area contributed by atoms with E-state index in [0.717, 1.165) is 21.4 Å². The van der Waals surface area contributed by atoms with Gasteiger partial charge >= 0.3 is 6.09 Å². The zero-order valence-corrected chi connectivity index (χ0v) is 17.8. The van der Waals surface area contributed by atoms with E-state index < -0.39 is 6.09 Å². The third-order valence-electron chi connectivity index (χ3n) is 3.86. The van der Waals surface area contributed by atoms with Crippen LogP contribution < -0.4 is 15.8 Å². The van der Waals surface area contributed by atoms with Crippen molar-refractivity contribution in [2.75, 3.05) is 11.1 Å². The summed E-state index contributed by atoms with van der Waals surface area (Å²) in [5.41, 5.74) is 6.57. The van der Waals surface area contributed by atoms with Crippen LogP contribution in [0.25, 0.3) is 0 Å². The van der Waals surface area contributed by atoms with Gasteiger partial charge in [-0.3, -0.25) is 9.48 Å². The third kappa shape index (κ3) is 6.65. The topological polar surface area (TPSA) is 99.2 Å². The van der Waals surface area contributed by atoms with E-state index in [2.05, 4.69) is 26.3 Å². The van der Waals surface area contributed by atoms with Gasteiger partial charge in [0.25, 0.3) is 5.88 Å². The lowest BCUT2D eigenvalue weighted by atomic mass is 10.1. The molecule has 1 aromatic heterocycles. The molecule has 3 rings (SSSR count). The maximum Gasteiger partial charge on any atom is 0.411 e. The smallest absolute Gasteiger partial charge is 0.387 e. The molecular weight excluding hydrogens is 456 g/mol. The molecule has 9 heteroatoms. The fraction of sp³-hybridized carbons (Fsp3) is 0.150. The minimum absolute atomic E-state index is 0.0208. The van der Waals surface area contributed by atoms with E-state index in [1.807, 2.05) is 54.6 Å². The third-order valence-corrected chi connectivity index (χ3v) is 5.40. The van der Waals surface area contributed by atoms with Gasteiger partial charge in [-0.1, -0.05) is 46.3 Å². The van der Waals surface area contributed by atoms with Crippen LogP contribution in [0, 0.1) is 0 Å². The summed E-state index contributed by atoms with van der Waals surface area (Å²) in [6.45, 7) is 0.558. The van der Waals surface area contributed by atoms with Gasteiger partial charge < -0.3 is 15.8 Å². The number of ether oxygens (including phenoxy) is 1. The Kier molecular flexibility index (Phi) is 7.31. The van der Waals surface area contributed by atoms with Crippen molar-refractivity contribution in [3.63, 3.8) is 0 Å². The largest absolute Gasteiger partial charge is 0.411 e. The van der Waals surface area contributed by atoms with Crippen LogP contribution >= 0.6 is 27.7 Å². The SMILES string of the molecule is NC(=O)Oc1nn(CCc2ccccc2)cc1NC(=O)CSc1ccc(Br)cc1. The predicted octanol–water partition coefficient (Wildman–Crippen LogP) is 4.08. The van der Waals surface area contributed by atoms with Gasteiger partial charge in [0.1, 0.15) is 5.69 Å². The quantitative estimate of drug-likeness (QED) is 0.479. The first kappa shape index (κ1) is 20.9. The highest BCUT2D eigenvalue weighted by atomic mass is 79.9. The maximum atomic E-state index is 12.3. The Morgan fingerprint density at radius 3 is 2.55 bits per heavy atom. The van der Waals surface area contributed by atoms with Crippen LogP contribution in [-0.2, 0) is 17.8 Å². The standard InChI is InChI=1S/C20H19BrN4O3S/c21-15-6-8-16(9-7-15)29-13-18(26)23-17-12-25(24-19(17)28-20(22)27)11-10-14-4-2-1-3-5-14/h1-9,12H,10-11,13H2,(H2,22,27)(H,23,26). The average molecular weight is 475 g/mol. The maximum absolute atomic E-state index is 12.3. The molecular formula is C20H19BrN4O3S. The molecule has 0 fully saturated rings. The number of benzene rings is 2. The van der Waals surface area contributed by atoms with Crippen molar-refractivity contribution in [1.29, 1.82) is 0 Å². The molecule has 0 saturated carbocycles. The Bertz CT molecular complexity index is 977. The number of nitrogens with two attached hydrogens (primary N) is 1. The fourth-order valence-electron chi connectivity index (χ4n) is 2.53. The summed E-state index contributed by atoms with van der Waals surface area (Å²) in [5, 5.41) is 6.94. The summed E-state index contributed by atoms with van der Waals surface area (Å²) >= 11 is 4.78. The Balaban J connectivity index is 1.62. The van der Waals surface area contributed by atoms with E-state index in [0.29, 0.717) is 12.2 Å². The van der Waals surface area contributed by atoms with E-state index in [1.54, 1.807) is 10.9 Å². The van der Waals surface area contributed by atoms with E-state index in [9.17, 15) is 9.59 Å². The molecule has 3 N–H and O–H groups in total. The van der Waals surface area contributed by atoms with Crippen molar-refractivity contribution in [2.45, 2.75) is 17.9 Å². The Hall–Kier alpha value is -2.78. The van der Waals surface area contributed by atoms with Crippen molar-refractivity contribution >= 4 is 45.4 Å². The van der Waals surface area contributed by atoms with Gasteiger partial charge in [-0.25, -0.2) is 4.79 Å². The minimum Gasteiger partial charge on any atom is -0.387 e. The van der Waals surface area contributed by atoms with Crippen molar-refractivity contribution in [2.24, 2.45) is 5.73 Å². The van der Waals surface area contributed by atoms with Gasteiger partial charge in [-0.05, 0) is 36.2 Å². The molecule has 2 amide bonds. The zero-order chi connectivity index (χ0) is 20.6. The number of aromatic nitrogens is 2. The highest BCUT2D eigenvalue weighted by Crippen LogP contribution is 2.24. The molecule has 29 heavy (non-hydrogen) atoms. The molecule has 0 unspecified atom stereocenters. The second-order valence-electron chi connectivity index (χ2n) is 6.06.